The standard InChI is InChI=1S/C44H27NO2/c1-2-12-28(13-3-1)29-24-25-31-30(26-29)27-40(33-15-5-4-14-32(31)33)45(38-20-10-18-36-34-16-6-8-22-41(34)46-43(36)38)39-21-11-19-37-35-17-7-9-23-42(35)47-44(37)39/h1-27H. The summed E-state index contributed by atoms with van der Waals surface area (Å²) in [4.78, 5) is 2.34. The molecular weight excluding hydrogens is 574 g/mol. The molecule has 0 N–H and O–H groups in total. The van der Waals surface area contributed by atoms with Crippen LogP contribution in [0.15, 0.2) is 173 Å². The summed E-state index contributed by atoms with van der Waals surface area (Å²) in [5.74, 6) is 0. The van der Waals surface area contributed by atoms with Crippen LogP contribution in [0.3, 0.4) is 0 Å². The zero-order valence-corrected chi connectivity index (χ0v) is 25.4. The molecule has 0 aliphatic heterocycles. The zero-order valence-electron chi connectivity index (χ0n) is 25.4. The van der Waals surface area contributed by atoms with Crippen LogP contribution >= 0.6 is 0 Å². The van der Waals surface area contributed by atoms with Crippen LogP contribution in [-0.4, -0.2) is 0 Å². The van der Waals surface area contributed by atoms with Gasteiger partial charge >= 0.3 is 0 Å². The summed E-state index contributed by atoms with van der Waals surface area (Å²) in [5, 5.41) is 9.08. The highest BCUT2D eigenvalue weighted by Gasteiger charge is 2.25. The lowest BCUT2D eigenvalue weighted by molar-refractivity contribution is 0.666. The minimum atomic E-state index is 0.837. The Hall–Kier alpha value is -6.32. The Morgan fingerprint density at radius 1 is 0.319 bits per heavy atom. The molecule has 0 saturated heterocycles. The van der Waals surface area contributed by atoms with E-state index in [1.807, 2.05) is 24.3 Å². The van der Waals surface area contributed by atoms with Crippen LogP contribution in [0.5, 0.6) is 0 Å². The minimum Gasteiger partial charge on any atom is -0.454 e. The van der Waals surface area contributed by atoms with Gasteiger partial charge in [0.25, 0.3) is 0 Å². The van der Waals surface area contributed by atoms with Crippen molar-refractivity contribution < 1.29 is 8.83 Å². The van der Waals surface area contributed by atoms with Gasteiger partial charge in [0.15, 0.2) is 11.2 Å². The average Bonchev–Trinajstić information content (AvgIpc) is 3.71. The molecule has 0 radical (unpaired) electrons. The van der Waals surface area contributed by atoms with E-state index in [4.69, 9.17) is 8.83 Å². The third-order valence-corrected chi connectivity index (χ3v) is 9.43. The molecule has 8 aromatic carbocycles. The normalized spacial score (nSPS) is 11.8. The SMILES string of the molecule is c1ccc(-c2ccc3c(c2)cc(N(c2cccc4c2oc2ccccc24)c2cccc4c2oc2ccccc24)c2ccccc23)cc1. The number of hydrogen-bond donors (Lipinski definition) is 0. The van der Waals surface area contributed by atoms with Gasteiger partial charge in [0, 0.05) is 26.9 Å². The number of nitrogens with zero attached hydrogens (tertiary/aromatic N) is 1. The molecule has 0 spiro atoms. The van der Waals surface area contributed by atoms with Gasteiger partial charge in [-0.15, -0.1) is 0 Å². The second kappa shape index (κ2) is 10.1. The van der Waals surface area contributed by atoms with Gasteiger partial charge in [-0.3, -0.25) is 0 Å². The molecule has 220 valence electrons. The summed E-state index contributed by atoms with van der Waals surface area (Å²) < 4.78 is 13.4. The molecule has 0 unspecified atom stereocenters. The van der Waals surface area contributed by atoms with E-state index >= 15 is 0 Å². The Kier molecular flexibility index (Phi) is 5.57. The van der Waals surface area contributed by atoms with E-state index in [9.17, 15) is 0 Å². The summed E-state index contributed by atoms with van der Waals surface area (Å²) in [6.07, 6.45) is 0. The van der Waals surface area contributed by atoms with E-state index in [-0.39, 0.29) is 0 Å². The van der Waals surface area contributed by atoms with Crippen LogP contribution in [-0.2, 0) is 0 Å². The summed E-state index contributed by atoms with van der Waals surface area (Å²) in [6, 6.07) is 57.8. The Labute approximate surface area is 270 Å². The summed E-state index contributed by atoms with van der Waals surface area (Å²) in [7, 11) is 0. The number of fused-ring (bicyclic) bond motifs is 9. The largest absolute Gasteiger partial charge is 0.454 e. The molecule has 0 amide bonds. The minimum absolute atomic E-state index is 0.837. The summed E-state index contributed by atoms with van der Waals surface area (Å²) in [5.41, 5.74) is 8.75. The van der Waals surface area contributed by atoms with Crippen molar-refractivity contribution in [3.8, 4) is 11.1 Å². The Balaban J connectivity index is 1.34. The maximum atomic E-state index is 6.68. The molecular formula is C44H27NO2. The van der Waals surface area contributed by atoms with Crippen molar-refractivity contribution in [1.29, 1.82) is 0 Å². The molecule has 0 saturated carbocycles. The Morgan fingerprint density at radius 2 is 0.851 bits per heavy atom. The first-order valence-electron chi connectivity index (χ1n) is 15.9. The maximum Gasteiger partial charge on any atom is 0.159 e. The zero-order chi connectivity index (χ0) is 30.9. The van der Waals surface area contributed by atoms with Crippen molar-refractivity contribution in [3.63, 3.8) is 0 Å². The van der Waals surface area contributed by atoms with Crippen molar-refractivity contribution >= 4 is 82.5 Å². The quantitative estimate of drug-likeness (QED) is 0.188. The number of para-hydroxylation sites is 4. The highest BCUT2D eigenvalue weighted by molar-refractivity contribution is 6.19. The van der Waals surface area contributed by atoms with E-state index < -0.39 is 0 Å². The first kappa shape index (κ1) is 26.0. The topological polar surface area (TPSA) is 29.5 Å². The van der Waals surface area contributed by atoms with Gasteiger partial charge < -0.3 is 13.7 Å². The number of hydrogen-bond acceptors (Lipinski definition) is 3. The molecule has 0 fully saturated rings. The molecule has 0 atom stereocenters. The third kappa shape index (κ3) is 3.93. The van der Waals surface area contributed by atoms with Crippen LogP contribution in [0.1, 0.15) is 0 Å². The van der Waals surface area contributed by atoms with Gasteiger partial charge in [-0.25, -0.2) is 0 Å². The molecule has 3 heteroatoms. The van der Waals surface area contributed by atoms with Crippen molar-refractivity contribution in [3.05, 3.63) is 164 Å². The fraction of sp³-hybridized carbons (Fsp3) is 0. The lowest BCUT2D eigenvalue weighted by atomic mass is 9.95. The highest BCUT2D eigenvalue weighted by atomic mass is 16.3. The molecule has 0 bridgehead atoms. The van der Waals surface area contributed by atoms with Crippen LogP contribution in [0.2, 0.25) is 0 Å². The van der Waals surface area contributed by atoms with Crippen molar-refractivity contribution in [2.75, 3.05) is 4.90 Å². The molecule has 0 aliphatic carbocycles. The third-order valence-electron chi connectivity index (χ3n) is 9.43. The summed E-state index contributed by atoms with van der Waals surface area (Å²) >= 11 is 0. The van der Waals surface area contributed by atoms with Gasteiger partial charge in [-0.05, 0) is 63.7 Å². The smallest absolute Gasteiger partial charge is 0.159 e. The van der Waals surface area contributed by atoms with Gasteiger partial charge in [0.2, 0.25) is 0 Å². The van der Waals surface area contributed by atoms with E-state index in [2.05, 4.69) is 144 Å². The summed E-state index contributed by atoms with van der Waals surface area (Å²) in [6.45, 7) is 0. The van der Waals surface area contributed by atoms with Crippen LogP contribution < -0.4 is 4.90 Å². The molecule has 10 rings (SSSR count). The predicted molar refractivity (Wildman–Crippen MR) is 196 cm³/mol. The number of rotatable bonds is 4. The Morgan fingerprint density at radius 3 is 1.49 bits per heavy atom. The average molecular weight is 602 g/mol. The Bertz CT molecular complexity index is 2690. The van der Waals surface area contributed by atoms with Crippen LogP contribution in [0.4, 0.5) is 17.1 Å². The van der Waals surface area contributed by atoms with E-state index in [0.29, 0.717) is 0 Å². The van der Waals surface area contributed by atoms with E-state index in [0.717, 1.165) is 66.3 Å². The predicted octanol–water partition coefficient (Wildman–Crippen LogP) is 12.9. The molecule has 3 nitrogen and oxygen atoms in total. The molecule has 0 aliphatic rings. The number of benzene rings is 8. The lowest BCUT2D eigenvalue weighted by Crippen LogP contribution is -2.11. The van der Waals surface area contributed by atoms with Crippen molar-refractivity contribution in [2.45, 2.75) is 0 Å². The maximum absolute atomic E-state index is 6.68. The van der Waals surface area contributed by atoms with Crippen molar-refractivity contribution in [1.82, 2.24) is 0 Å². The molecule has 2 aromatic heterocycles. The van der Waals surface area contributed by atoms with Gasteiger partial charge in [-0.2, -0.15) is 0 Å². The number of furan rings is 2. The monoisotopic (exact) mass is 601 g/mol. The molecule has 2 heterocycles. The first-order chi connectivity index (χ1) is 23.3. The molecule has 10 aromatic rings. The van der Waals surface area contributed by atoms with Crippen LogP contribution in [0, 0.1) is 0 Å². The van der Waals surface area contributed by atoms with E-state index in [1.165, 1.54) is 27.3 Å². The lowest BCUT2D eigenvalue weighted by Gasteiger charge is -2.27. The highest BCUT2D eigenvalue weighted by Crippen LogP contribution is 2.48. The van der Waals surface area contributed by atoms with Gasteiger partial charge in [0.05, 0.1) is 17.1 Å². The van der Waals surface area contributed by atoms with Gasteiger partial charge in [0.1, 0.15) is 11.2 Å². The fourth-order valence-corrected chi connectivity index (χ4v) is 7.30. The second-order valence-electron chi connectivity index (χ2n) is 12.1. The first-order valence-corrected chi connectivity index (χ1v) is 15.9. The van der Waals surface area contributed by atoms with E-state index in [1.54, 1.807) is 0 Å². The second-order valence-corrected chi connectivity index (χ2v) is 12.1. The van der Waals surface area contributed by atoms with Crippen LogP contribution in [0.25, 0.3) is 76.5 Å². The van der Waals surface area contributed by atoms with Crippen molar-refractivity contribution in [2.24, 2.45) is 0 Å². The fourth-order valence-electron chi connectivity index (χ4n) is 7.30. The number of anilines is 3. The van der Waals surface area contributed by atoms with Gasteiger partial charge in [-0.1, -0.05) is 127 Å². The molecule has 47 heavy (non-hydrogen) atoms.